The van der Waals surface area contributed by atoms with E-state index < -0.39 is 5.97 Å². The van der Waals surface area contributed by atoms with E-state index in [2.05, 4.69) is 10.1 Å². The van der Waals surface area contributed by atoms with Gasteiger partial charge in [0, 0.05) is 5.56 Å². The molecule has 1 N–H and O–H groups in total. The second-order valence-electron chi connectivity index (χ2n) is 4.14. The number of benzene rings is 1. The molecule has 0 aliphatic carbocycles. The maximum absolute atomic E-state index is 11.1. The van der Waals surface area contributed by atoms with Gasteiger partial charge in [-0.25, -0.2) is 14.3 Å². The number of carbonyl (C=O) groups is 1. The van der Waals surface area contributed by atoms with Gasteiger partial charge in [-0.1, -0.05) is 12.1 Å². The van der Waals surface area contributed by atoms with Gasteiger partial charge in [0.1, 0.15) is 5.75 Å². The summed E-state index contributed by atoms with van der Waals surface area (Å²) < 4.78 is 6.60. The first kappa shape index (κ1) is 12.2. The van der Waals surface area contributed by atoms with Crippen molar-refractivity contribution in [1.29, 1.82) is 0 Å². The molecule has 0 aliphatic heterocycles. The van der Waals surface area contributed by atoms with E-state index in [9.17, 15) is 4.79 Å². The summed E-state index contributed by atoms with van der Waals surface area (Å²) >= 11 is 0. The molecule has 6 heteroatoms. The fourth-order valence-electron chi connectivity index (χ4n) is 2.02. The summed E-state index contributed by atoms with van der Waals surface area (Å²) in [5.74, 6) is -0.390. The van der Waals surface area contributed by atoms with Crippen LogP contribution in [0.25, 0.3) is 16.9 Å². The summed E-state index contributed by atoms with van der Waals surface area (Å²) in [5, 5.41) is 13.4. The molecule has 0 fully saturated rings. The van der Waals surface area contributed by atoms with Crippen LogP contribution in [-0.2, 0) is 0 Å². The van der Waals surface area contributed by atoms with Crippen molar-refractivity contribution in [2.45, 2.75) is 0 Å². The summed E-state index contributed by atoms with van der Waals surface area (Å²) in [4.78, 5) is 15.1. The van der Waals surface area contributed by atoms with E-state index in [1.807, 2.05) is 24.3 Å². The van der Waals surface area contributed by atoms with Crippen LogP contribution in [0.1, 0.15) is 10.5 Å². The Morgan fingerprint density at radius 1 is 1.25 bits per heavy atom. The molecule has 2 aromatic heterocycles. The van der Waals surface area contributed by atoms with E-state index in [0.717, 1.165) is 5.56 Å². The molecule has 0 radical (unpaired) electrons. The SMILES string of the molecule is COc1ccccc1-c1ccc2ncc(C(=O)O)n2n1. The van der Waals surface area contributed by atoms with E-state index in [0.29, 0.717) is 17.1 Å². The van der Waals surface area contributed by atoms with Crippen LogP contribution in [0.2, 0.25) is 0 Å². The van der Waals surface area contributed by atoms with Crippen molar-refractivity contribution >= 4 is 11.6 Å². The van der Waals surface area contributed by atoms with Crippen LogP contribution in [0.5, 0.6) is 5.75 Å². The van der Waals surface area contributed by atoms with Crippen molar-refractivity contribution in [3.05, 3.63) is 48.3 Å². The van der Waals surface area contributed by atoms with Crippen molar-refractivity contribution in [3.8, 4) is 17.0 Å². The van der Waals surface area contributed by atoms with Crippen molar-refractivity contribution in [2.24, 2.45) is 0 Å². The average Bonchev–Trinajstić information content (AvgIpc) is 2.90. The van der Waals surface area contributed by atoms with Gasteiger partial charge in [0.05, 0.1) is 19.0 Å². The van der Waals surface area contributed by atoms with Gasteiger partial charge in [0.15, 0.2) is 11.3 Å². The highest BCUT2D eigenvalue weighted by atomic mass is 16.5. The van der Waals surface area contributed by atoms with Crippen molar-refractivity contribution < 1.29 is 14.6 Å². The lowest BCUT2D eigenvalue weighted by atomic mass is 10.1. The molecule has 3 rings (SSSR count). The molecule has 0 saturated carbocycles. The summed E-state index contributed by atoms with van der Waals surface area (Å²) in [7, 11) is 1.58. The highest BCUT2D eigenvalue weighted by Gasteiger charge is 2.13. The number of ether oxygens (including phenoxy) is 1. The number of aromatic nitrogens is 3. The van der Waals surface area contributed by atoms with Gasteiger partial charge in [-0.15, -0.1) is 0 Å². The number of nitrogens with zero attached hydrogens (tertiary/aromatic N) is 3. The van der Waals surface area contributed by atoms with Gasteiger partial charge in [-0.2, -0.15) is 5.10 Å². The number of imidazole rings is 1. The zero-order valence-corrected chi connectivity index (χ0v) is 10.6. The van der Waals surface area contributed by atoms with E-state index in [1.165, 1.54) is 10.7 Å². The van der Waals surface area contributed by atoms with Gasteiger partial charge in [0.25, 0.3) is 0 Å². The van der Waals surface area contributed by atoms with E-state index in [4.69, 9.17) is 9.84 Å². The summed E-state index contributed by atoms with van der Waals surface area (Å²) in [5.41, 5.74) is 1.93. The lowest BCUT2D eigenvalue weighted by molar-refractivity contribution is 0.0688. The minimum absolute atomic E-state index is 0.0248. The molecule has 0 amide bonds. The Morgan fingerprint density at radius 3 is 2.80 bits per heavy atom. The third-order valence-electron chi connectivity index (χ3n) is 2.96. The molecule has 1 aromatic carbocycles. The van der Waals surface area contributed by atoms with Crippen LogP contribution >= 0.6 is 0 Å². The number of aromatic carboxylic acids is 1. The maximum Gasteiger partial charge on any atom is 0.356 e. The second kappa shape index (κ2) is 4.65. The Morgan fingerprint density at radius 2 is 2.05 bits per heavy atom. The third kappa shape index (κ3) is 1.87. The number of rotatable bonds is 3. The number of hydrogen-bond acceptors (Lipinski definition) is 4. The minimum atomic E-state index is -1.07. The fraction of sp³-hybridized carbons (Fsp3) is 0.0714. The first-order valence-electron chi connectivity index (χ1n) is 5.92. The minimum Gasteiger partial charge on any atom is -0.496 e. The molecule has 0 unspecified atom stereocenters. The molecule has 6 nitrogen and oxygen atoms in total. The Labute approximate surface area is 114 Å². The average molecular weight is 269 g/mol. The van der Waals surface area contributed by atoms with Crippen molar-refractivity contribution in [3.63, 3.8) is 0 Å². The summed E-state index contributed by atoms with van der Waals surface area (Å²) in [6.07, 6.45) is 1.29. The first-order chi connectivity index (χ1) is 9.70. The first-order valence-corrected chi connectivity index (χ1v) is 5.92. The zero-order valence-electron chi connectivity index (χ0n) is 10.6. The molecule has 20 heavy (non-hydrogen) atoms. The molecule has 3 aromatic rings. The second-order valence-corrected chi connectivity index (χ2v) is 4.14. The highest BCUT2D eigenvalue weighted by Crippen LogP contribution is 2.28. The van der Waals surface area contributed by atoms with Crippen molar-refractivity contribution in [1.82, 2.24) is 14.6 Å². The van der Waals surface area contributed by atoms with Crippen LogP contribution in [0.4, 0.5) is 0 Å². The predicted octanol–water partition coefficient (Wildman–Crippen LogP) is 2.10. The van der Waals surface area contributed by atoms with E-state index in [-0.39, 0.29) is 5.69 Å². The molecule has 2 heterocycles. The lowest BCUT2D eigenvalue weighted by Gasteiger charge is -2.07. The van der Waals surface area contributed by atoms with Crippen LogP contribution in [0.15, 0.2) is 42.6 Å². The number of hydrogen-bond donors (Lipinski definition) is 1. The highest BCUT2D eigenvalue weighted by molar-refractivity contribution is 5.86. The molecule has 0 saturated heterocycles. The Bertz CT molecular complexity index is 795. The predicted molar refractivity (Wildman–Crippen MR) is 71.9 cm³/mol. The number of carboxylic acid groups (broad SMARTS) is 1. The molecule has 0 atom stereocenters. The summed E-state index contributed by atoms with van der Waals surface area (Å²) in [6, 6.07) is 10.9. The third-order valence-corrected chi connectivity index (χ3v) is 2.96. The van der Waals surface area contributed by atoms with Gasteiger partial charge >= 0.3 is 5.97 Å². The van der Waals surface area contributed by atoms with Crippen LogP contribution in [-0.4, -0.2) is 32.8 Å². The Hall–Kier alpha value is -2.89. The molecule has 0 spiro atoms. The standard InChI is InChI=1S/C14H11N3O3/c1-20-12-5-3-2-4-9(12)10-6-7-13-15-8-11(14(18)19)17(13)16-10/h2-8H,1H3,(H,18,19). The van der Waals surface area contributed by atoms with Gasteiger partial charge in [-0.3, -0.25) is 0 Å². The fourth-order valence-corrected chi connectivity index (χ4v) is 2.02. The van der Waals surface area contributed by atoms with Crippen LogP contribution < -0.4 is 4.74 Å². The van der Waals surface area contributed by atoms with Crippen LogP contribution in [0, 0.1) is 0 Å². The quantitative estimate of drug-likeness (QED) is 0.788. The number of para-hydroxylation sites is 1. The maximum atomic E-state index is 11.1. The van der Waals surface area contributed by atoms with Crippen molar-refractivity contribution in [2.75, 3.05) is 7.11 Å². The summed E-state index contributed by atoms with van der Waals surface area (Å²) in [6.45, 7) is 0. The van der Waals surface area contributed by atoms with Gasteiger partial charge < -0.3 is 9.84 Å². The Balaban J connectivity index is 2.22. The smallest absolute Gasteiger partial charge is 0.356 e. The molecular formula is C14H11N3O3. The largest absolute Gasteiger partial charge is 0.496 e. The monoisotopic (exact) mass is 269 g/mol. The molecule has 0 bridgehead atoms. The number of methoxy groups -OCH3 is 1. The number of fused-ring (bicyclic) bond motifs is 1. The molecule has 100 valence electrons. The zero-order chi connectivity index (χ0) is 14.1. The normalized spacial score (nSPS) is 10.7. The van der Waals surface area contributed by atoms with E-state index >= 15 is 0 Å². The van der Waals surface area contributed by atoms with Crippen LogP contribution in [0.3, 0.4) is 0 Å². The lowest BCUT2D eigenvalue weighted by Crippen LogP contribution is -2.05. The number of carboxylic acids is 1. The molecule has 0 aliphatic rings. The van der Waals surface area contributed by atoms with Gasteiger partial charge in [-0.05, 0) is 24.3 Å². The topological polar surface area (TPSA) is 76.7 Å². The van der Waals surface area contributed by atoms with Gasteiger partial charge in [0.2, 0.25) is 0 Å². The Kier molecular flexibility index (Phi) is 2.83. The van der Waals surface area contributed by atoms with E-state index in [1.54, 1.807) is 19.2 Å². The molecular weight excluding hydrogens is 258 g/mol.